The van der Waals surface area contributed by atoms with Gasteiger partial charge in [0.1, 0.15) is 58.5 Å². The molecule has 0 atom stereocenters. The second-order valence-electron chi connectivity index (χ2n) is 11.6. The standard InChI is InChI=1S/C30H46O16S6/c31-22(5-47)39-12-29(13-40-23(32)6-48,14-41-24(33)7-49)11-38-19-46-21-3-1-20(2-4-21)28(37)45-18-30(15-42-25(34)8-50,16-43-26(35)9-51)17-44-27(36)10-52/h20-21,47-52H,1-19H2. The van der Waals surface area contributed by atoms with Crippen molar-refractivity contribution in [2.75, 3.05) is 94.2 Å². The van der Waals surface area contributed by atoms with Gasteiger partial charge in [0.05, 0.1) is 58.6 Å². The van der Waals surface area contributed by atoms with E-state index in [1.165, 1.54) is 0 Å². The highest BCUT2D eigenvalue weighted by Gasteiger charge is 2.40. The summed E-state index contributed by atoms with van der Waals surface area (Å²) in [6.45, 7) is -3.05. The van der Waals surface area contributed by atoms with Crippen molar-refractivity contribution in [3.8, 4) is 0 Å². The van der Waals surface area contributed by atoms with E-state index in [2.05, 4.69) is 75.8 Å². The van der Waals surface area contributed by atoms with Gasteiger partial charge in [-0.25, -0.2) is 0 Å². The Kier molecular flexibility index (Phi) is 25.1. The summed E-state index contributed by atoms with van der Waals surface area (Å²) >= 11 is 23.3. The third-order valence-electron chi connectivity index (χ3n) is 7.33. The van der Waals surface area contributed by atoms with Crippen LogP contribution >= 0.6 is 75.8 Å². The van der Waals surface area contributed by atoms with Crippen LogP contribution in [0.15, 0.2) is 0 Å². The highest BCUT2D eigenvalue weighted by molar-refractivity contribution is 7.81. The normalized spacial score (nSPS) is 15.9. The van der Waals surface area contributed by atoms with Crippen LogP contribution in [-0.2, 0) is 76.2 Å². The van der Waals surface area contributed by atoms with E-state index >= 15 is 0 Å². The van der Waals surface area contributed by atoms with E-state index in [-0.39, 0.29) is 73.8 Å². The van der Waals surface area contributed by atoms with Gasteiger partial charge in [-0.05, 0) is 25.7 Å². The molecule has 52 heavy (non-hydrogen) atoms. The third-order valence-corrected chi connectivity index (χ3v) is 8.88. The second kappa shape index (κ2) is 27.0. The minimum atomic E-state index is -1.42. The fourth-order valence-electron chi connectivity index (χ4n) is 4.39. The molecule has 0 saturated heterocycles. The Balaban J connectivity index is 2.84. The van der Waals surface area contributed by atoms with Crippen molar-refractivity contribution in [2.24, 2.45) is 16.7 Å². The van der Waals surface area contributed by atoms with Crippen LogP contribution < -0.4 is 0 Å². The van der Waals surface area contributed by atoms with Crippen molar-refractivity contribution >= 4 is 118 Å². The summed E-state index contributed by atoms with van der Waals surface area (Å²) in [5.74, 6) is -6.52. The Morgan fingerprint density at radius 2 is 0.712 bits per heavy atom. The molecule has 1 fully saturated rings. The molecule has 0 unspecified atom stereocenters. The van der Waals surface area contributed by atoms with E-state index in [9.17, 15) is 33.6 Å². The van der Waals surface area contributed by atoms with Crippen LogP contribution in [0.5, 0.6) is 0 Å². The van der Waals surface area contributed by atoms with Crippen molar-refractivity contribution < 1.29 is 76.2 Å². The molecule has 0 heterocycles. The van der Waals surface area contributed by atoms with Gasteiger partial charge in [0.15, 0.2) is 0 Å². The van der Waals surface area contributed by atoms with E-state index in [1.807, 2.05) is 0 Å². The zero-order chi connectivity index (χ0) is 39.0. The minimum Gasteiger partial charge on any atom is -0.464 e. The summed E-state index contributed by atoms with van der Waals surface area (Å²) in [4.78, 5) is 84.3. The zero-order valence-corrected chi connectivity index (χ0v) is 33.7. The third kappa shape index (κ3) is 19.6. The Morgan fingerprint density at radius 3 is 1.02 bits per heavy atom. The SMILES string of the molecule is O=C(CS)OCC(COCOC1CCC(C(=O)OCC(COC(=O)CS)(COC(=O)CS)COC(=O)CS)CC1)(COC(=O)CS)COC(=O)CS. The maximum absolute atomic E-state index is 13.1. The molecule has 1 rings (SSSR count). The number of rotatable bonds is 26. The maximum atomic E-state index is 13.1. The van der Waals surface area contributed by atoms with Gasteiger partial charge in [-0.2, -0.15) is 75.8 Å². The Labute approximate surface area is 334 Å². The van der Waals surface area contributed by atoms with Crippen LogP contribution in [0.25, 0.3) is 0 Å². The molecule has 0 spiro atoms. The lowest BCUT2D eigenvalue weighted by Crippen LogP contribution is -2.45. The molecule has 0 aromatic carbocycles. The Hall–Kier alpha value is -1.69. The molecule has 0 radical (unpaired) electrons. The van der Waals surface area contributed by atoms with Crippen LogP contribution in [0.4, 0.5) is 0 Å². The predicted molar refractivity (Wildman–Crippen MR) is 202 cm³/mol. The lowest BCUT2D eigenvalue weighted by Gasteiger charge is -2.33. The fourth-order valence-corrected chi connectivity index (χ4v) is 4.93. The van der Waals surface area contributed by atoms with Gasteiger partial charge in [-0.15, -0.1) is 0 Å². The van der Waals surface area contributed by atoms with Crippen molar-refractivity contribution in [2.45, 2.75) is 31.8 Å². The van der Waals surface area contributed by atoms with Crippen LogP contribution in [-0.4, -0.2) is 142 Å². The second-order valence-corrected chi connectivity index (χ2v) is 13.5. The van der Waals surface area contributed by atoms with Gasteiger partial charge in [-0.3, -0.25) is 33.6 Å². The Bertz CT molecular complexity index is 1070. The molecule has 1 aliphatic carbocycles. The molecule has 298 valence electrons. The molecule has 22 heteroatoms. The monoisotopic (exact) mass is 854 g/mol. The summed E-state index contributed by atoms with van der Waals surface area (Å²) in [5.41, 5.74) is -2.70. The molecule has 0 aromatic rings. The summed E-state index contributed by atoms with van der Waals surface area (Å²) in [6.07, 6.45) is 1.38. The van der Waals surface area contributed by atoms with E-state index in [0.717, 1.165) is 0 Å². The van der Waals surface area contributed by atoms with Crippen molar-refractivity contribution in [1.82, 2.24) is 0 Å². The van der Waals surface area contributed by atoms with Crippen LogP contribution in [0.3, 0.4) is 0 Å². The summed E-state index contributed by atoms with van der Waals surface area (Å²) in [7, 11) is 0. The first kappa shape index (κ1) is 48.3. The molecule has 0 aromatic heterocycles. The average Bonchev–Trinajstić information content (AvgIpc) is 3.18. The number of carbonyl (C=O) groups is 7. The smallest absolute Gasteiger partial charge is 0.315 e. The summed E-state index contributed by atoms with van der Waals surface area (Å²) in [6, 6.07) is 0. The number of ether oxygens (including phenoxy) is 9. The van der Waals surface area contributed by atoms with Gasteiger partial charge in [0, 0.05) is 0 Å². The van der Waals surface area contributed by atoms with E-state index in [0.29, 0.717) is 25.7 Å². The Morgan fingerprint density at radius 1 is 0.423 bits per heavy atom. The van der Waals surface area contributed by atoms with E-state index < -0.39 is 85.0 Å². The molecule has 0 bridgehead atoms. The van der Waals surface area contributed by atoms with Crippen molar-refractivity contribution in [3.63, 3.8) is 0 Å². The molecular weight excluding hydrogens is 809 g/mol. The highest BCUT2D eigenvalue weighted by Crippen LogP contribution is 2.29. The summed E-state index contributed by atoms with van der Waals surface area (Å²) in [5, 5.41) is 0. The first-order valence-corrected chi connectivity index (χ1v) is 19.5. The van der Waals surface area contributed by atoms with Crippen LogP contribution in [0.2, 0.25) is 0 Å². The van der Waals surface area contributed by atoms with Crippen LogP contribution in [0.1, 0.15) is 25.7 Å². The minimum absolute atomic E-state index is 0.202. The first-order valence-electron chi connectivity index (χ1n) is 15.7. The van der Waals surface area contributed by atoms with Crippen molar-refractivity contribution in [1.29, 1.82) is 0 Å². The molecule has 1 saturated carbocycles. The van der Waals surface area contributed by atoms with E-state index in [4.69, 9.17) is 42.6 Å². The zero-order valence-electron chi connectivity index (χ0n) is 28.3. The first-order chi connectivity index (χ1) is 24.8. The average molecular weight is 855 g/mol. The summed E-state index contributed by atoms with van der Waals surface area (Å²) < 4.78 is 48.5. The molecule has 0 aliphatic heterocycles. The number of thiol groups is 6. The van der Waals surface area contributed by atoms with Crippen molar-refractivity contribution in [3.05, 3.63) is 0 Å². The van der Waals surface area contributed by atoms with Gasteiger partial charge < -0.3 is 42.6 Å². The predicted octanol–water partition coefficient (Wildman–Crippen LogP) is 0.890. The molecule has 16 nitrogen and oxygen atoms in total. The van der Waals surface area contributed by atoms with Gasteiger partial charge in [0.25, 0.3) is 0 Å². The largest absolute Gasteiger partial charge is 0.464 e. The molecular formula is C30H46O16S6. The lowest BCUT2D eigenvalue weighted by molar-refractivity contribution is -0.174. The maximum Gasteiger partial charge on any atom is 0.315 e. The molecule has 1 aliphatic rings. The topological polar surface area (TPSA) is 203 Å². The van der Waals surface area contributed by atoms with Gasteiger partial charge >= 0.3 is 41.8 Å². The number of hydrogen-bond donors (Lipinski definition) is 6. The lowest BCUT2D eigenvalue weighted by atomic mass is 9.87. The number of hydrogen-bond acceptors (Lipinski definition) is 22. The highest BCUT2D eigenvalue weighted by atomic mass is 32.1. The molecule has 0 amide bonds. The number of esters is 7. The quantitative estimate of drug-likeness (QED) is 0.0235. The van der Waals surface area contributed by atoms with Gasteiger partial charge in [0.2, 0.25) is 0 Å². The fraction of sp³-hybridized carbons (Fsp3) is 0.767. The molecule has 0 N–H and O–H groups in total. The van der Waals surface area contributed by atoms with Gasteiger partial charge in [-0.1, -0.05) is 0 Å². The number of carbonyl (C=O) groups excluding carboxylic acids is 7. The van der Waals surface area contributed by atoms with Crippen LogP contribution in [0, 0.1) is 16.7 Å². The van der Waals surface area contributed by atoms with E-state index in [1.54, 1.807) is 0 Å².